The van der Waals surface area contributed by atoms with Crippen LogP contribution in [0.15, 0.2) is 24.5 Å². The summed E-state index contributed by atoms with van der Waals surface area (Å²) < 4.78 is 0. The van der Waals surface area contributed by atoms with Crippen molar-refractivity contribution in [2.45, 2.75) is 37.6 Å². The van der Waals surface area contributed by atoms with Crippen LogP contribution in [0.25, 0.3) is 11.0 Å². The minimum Gasteiger partial charge on any atom is -0.345 e. The van der Waals surface area contributed by atoms with Crippen LogP contribution in [0.5, 0.6) is 0 Å². The van der Waals surface area contributed by atoms with Gasteiger partial charge in [0, 0.05) is 6.04 Å². The maximum Gasteiger partial charge on any atom is 0.0931 e. The fraction of sp³-hybridized carbons (Fsp3) is 0.500. The van der Waals surface area contributed by atoms with E-state index in [9.17, 15) is 0 Å². The van der Waals surface area contributed by atoms with E-state index in [2.05, 4.69) is 40.5 Å². The highest BCUT2D eigenvalue weighted by Gasteiger charge is 2.21. The molecule has 0 spiro atoms. The Morgan fingerprint density at radius 2 is 2.06 bits per heavy atom. The minimum absolute atomic E-state index is 0.724. The van der Waals surface area contributed by atoms with Crippen molar-refractivity contribution in [2.75, 3.05) is 7.05 Å². The van der Waals surface area contributed by atoms with Crippen molar-refractivity contribution in [1.29, 1.82) is 0 Å². The van der Waals surface area contributed by atoms with Gasteiger partial charge in [-0.15, -0.1) is 0 Å². The van der Waals surface area contributed by atoms with Gasteiger partial charge < -0.3 is 10.3 Å². The van der Waals surface area contributed by atoms with Gasteiger partial charge in [0.25, 0.3) is 0 Å². The first-order valence-electron chi connectivity index (χ1n) is 6.47. The number of rotatable bonds is 2. The largest absolute Gasteiger partial charge is 0.345 e. The molecule has 0 aliphatic heterocycles. The van der Waals surface area contributed by atoms with E-state index in [4.69, 9.17) is 0 Å². The van der Waals surface area contributed by atoms with Crippen LogP contribution >= 0.6 is 0 Å². The van der Waals surface area contributed by atoms with Crippen LogP contribution in [-0.2, 0) is 0 Å². The maximum absolute atomic E-state index is 4.26. The van der Waals surface area contributed by atoms with Crippen molar-refractivity contribution in [3.8, 4) is 0 Å². The number of nitrogens with one attached hydrogen (secondary N) is 2. The standard InChI is InChI=1S/C14H19N3/c1-15-12-5-2-10(3-6-12)11-4-7-13-14(8-11)17-9-16-13/h4,7-10,12,15H,2-3,5-6H2,1H3,(H,16,17). The Morgan fingerprint density at radius 1 is 1.24 bits per heavy atom. The van der Waals surface area contributed by atoms with Crippen LogP contribution in [0.1, 0.15) is 37.2 Å². The molecular formula is C14H19N3. The van der Waals surface area contributed by atoms with Crippen molar-refractivity contribution in [2.24, 2.45) is 0 Å². The monoisotopic (exact) mass is 229 g/mol. The zero-order chi connectivity index (χ0) is 11.7. The predicted molar refractivity (Wildman–Crippen MR) is 70.2 cm³/mol. The molecule has 17 heavy (non-hydrogen) atoms. The summed E-state index contributed by atoms with van der Waals surface area (Å²) in [6, 6.07) is 7.37. The second kappa shape index (κ2) is 4.49. The number of aromatic amines is 1. The smallest absolute Gasteiger partial charge is 0.0931 e. The van der Waals surface area contributed by atoms with Crippen LogP contribution in [0.4, 0.5) is 0 Å². The molecule has 3 heteroatoms. The second-order valence-corrected chi connectivity index (χ2v) is 5.02. The first-order chi connectivity index (χ1) is 8.36. The molecule has 0 saturated heterocycles. The van der Waals surface area contributed by atoms with Gasteiger partial charge in [-0.05, 0) is 56.3 Å². The lowest BCUT2D eigenvalue weighted by atomic mass is 9.82. The molecule has 3 nitrogen and oxygen atoms in total. The molecule has 0 atom stereocenters. The normalized spacial score (nSPS) is 25.2. The molecule has 1 saturated carbocycles. The summed E-state index contributed by atoms with van der Waals surface area (Å²) in [5.41, 5.74) is 3.70. The third-order valence-electron chi connectivity index (χ3n) is 4.05. The minimum atomic E-state index is 0.724. The summed E-state index contributed by atoms with van der Waals surface area (Å²) in [5.74, 6) is 0.729. The van der Waals surface area contributed by atoms with Crippen LogP contribution in [0, 0.1) is 0 Å². The summed E-state index contributed by atoms with van der Waals surface area (Å²) >= 11 is 0. The Bertz CT molecular complexity index is 495. The van der Waals surface area contributed by atoms with Crippen molar-refractivity contribution < 1.29 is 0 Å². The summed E-state index contributed by atoms with van der Waals surface area (Å²) in [6.07, 6.45) is 6.95. The number of hydrogen-bond donors (Lipinski definition) is 2. The zero-order valence-corrected chi connectivity index (χ0v) is 10.2. The van der Waals surface area contributed by atoms with Gasteiger partial charge in [0.1, 0.15) is 0 Å². The molecule has 0 amide bonds. The van der Waals surface area contributed by atoms with Crippen molar-refractivity contribution in [3.05, 3.63) is 30.1 Å². The summed E-state index contributed by atoms with van der Waals surface area (Å²) in [5, 5.41) is 3.39. The average Bonchev–Trinajstić information content (AvgIpc) is 2.86. The molecular weight excluding hydrogens is 210 g/mol. The Labute approximate surface area is 102 Å². The van der Waals surface area contributed by atoms with Gasteiger partial charge in [-0.25, -0.2) is 4.98 Å². The highest BCUT2D eigenvalue weighted by molar-refractivity contribution is 5.75. The van der Waals surface area contributed by atoms with Gasteiger partial charge in [-0.2, -0.15) is 0 Å². The van der Waals surface area contributed by atoms with Crippen LogP contribution in [-0.4, -0.2) is 23.1 Å². The van der Waals surface area contributed by atoms with Gasteiger partial charge in [0.15, 0.2) is 0 Å². The van der Waals surface area contributed by atoms with Gasteiger partial charge in [-0.3, -0.25) is 0 Å². The molecule has 0 bridgehead atoms. The molecule has 2 aromatic rings. The number of imidazole rings is 1. The van der Waals surface area contributed by atoms with Gasteiger partial charge in [-0.1, -0.05) is 6.07 Å². The lowest BCUT2D eigenvalue weighted by molar-refractivity contribution is 0.359. The molecule has 90 valence electrons. The molecule has 2 N–H and O–H groups in total. The molecule has 1 aliphatic rings. The second-order valence-electron chi connectivity index (χ2n) is 5.02. The molecule has 1 aromatic carbocycles. The number of H-pyrrole nitrogens is 1. The van der Waals surface area contributed by atoms with E-state index < -0.39 is 0 Å². The van der Waals surface area contributed by atoms with Gasteiger partial charge >= 0.3 is 0 Å². The van der Waals surface area contributed by atoms with Gasteiger partial charge in [0.05, 0.1) is 17.4 Å². The topological polar surface area (TPSA) is 40.7 Å². The molecule has 3 rings (SSSR count). The number of aromatic nitrogens is 2. The van der Waals surface area contributed by atoms with E-state index in [0.717, 1.165) is 17.5 Å². The number of hydrogen-bond acceptors (Lipinski definition) is 2. The Kier molecular flexibility index (Phi) is 2.85. The number of fused-ring (bicyclic) bond motifs is 1. The molecule has 0 unspecified atom stereocenters. The van der Waals surface area contributed by atoms with Crippen molar-refractivity contribution in [1.82, 2.24) is 15.3 Å². The highest BCUT2D eigenvalue weighted by atomic mass is 14.9. The summed E-state index contributed by atoms with van der Waals surface area (Å²) in [4.78, 5) is 7.46. The molecule has 1 aromatic heterocycles. The van der Waals surface area contributed by atoms with E-state index in [0.29, 0.717) is 0 Å². The van der Waals surface area contributed by atoms with E-state index in [-0.39, 0.29) is 0 Å². The number of benzene rings is 1. The van der Waals surface area contributed by atoms with Crippen LogP contribution < -0.4 is 5.32 Å². The van der Waals surface area contributed by atoms with E-state index >= 15 is 0 Å². The highest BCUT2D eigenvalue weighted by Crippen LogP contribution is 2.33. The molecule has 1 heterocycles. The van der Waals surface area contributed by atoms with Crippen molar-refractivity contribution in [3.63, 3.8) is 0 Å². The fourth-order valence-electron chi connectivity index (χ4n) is 2.92. The molecule has 1 aliphatic carbocycles. The maximum atomic E-state index is 4.26. The summed E-state index contributed by atoms with van der Waals surface area (Å²) in [7, 11) is 2.07. The lowest BCUT2D eigenvalue weighted by Crippen LogP contribution is -2.29. The third kappa shape index (κ3) is 2.07. The number of nitrogens with zero attached hydrogens (tertiary/aromatic N) is 1. The lowest BCUT2D eigenvalue weighted by Gasteiger charge is -2.28. The molecule has 0 radical (unpaired) electrons. The van der Waals surface area contributed by atoms with Crippen LogP contribution in [0.2, 0.25) is 0 Å². The Morgan fingerprint density at radius 3 is 2.82 bits per heavy atom. The van der Waals surface area contributed by atoms with E-state index in [1.54, 1.807) is 6.33 Å². The molecule has 1 fully saturated rings. The third-order valence-corrected chi connectivity index (χ3v) is 4.05. The zero-order valence-electron chi connectivity index (χ0n) is 10.2. The predicted octanol–water partition coefficient (Wildman–Crippen LogP) is 2.81. The quantitative estimate of drug-likeness (QED) is 0.831. The SMILES string of the molecule is CNC1CCC(c2ccc3nc[nH]c3c2)CC1. The Balaban J connectivity index is 1.79. The van der Waals surface area contributed by atoms with E-state index in [1.807, 2.05) is 0 Å². The van der Waals surface area contributed by atoms with Crippen molar-refractivity contribution >= 4 is 11.0 Å². The average molecular weight is 229 g/mol. The fourth-order valence-corrected chi connectivity index (χ4v) is 2.92. The van der Waals surface area contributed by atoms with E-state index in [1.165, 1.54) is 36.8 Å². The first kappa shape index (κ1) is 10.8. The van der Waals surface area contributed by atoms with Crippen LogP contribution in [0.3, 0.4) is 0 Å². The summed E-state index contributed by atoms with van der Waals surface area (Å²) in [6.45, 7) is 0. The Hall–Kier alpha value is -1.35. The van der Waals surface area contributed by atoms with Gasteiger partial charge in [0.2, 0.25) is 0 Å². The first-order valence-corrected chi connectivity index (χ1v) is 6.47.